The van der Waals surface area contributed by atoms with E-state index < -0.39 is 5.60 Å². The second-order valence-corrected chi connectivity index (χ2v) is 6.01. The van der Waals surface area contributed by atoms with E-state index in [4.69, 9.17) is 0 Å². The number of nitrogens with one attached hydrogen (secondary N) is 1. The fourth-order valence-corrected chi connectivity index (χ4v) is 3.66. The summed E-state index contributed by atoms with van der Waals surface area (Å²) >= 11 is 0. The van der Waals surface area contributed by atoms with Gasteiger partial charge in [0.15, 0.2) is 0 Å². The molecule has 0 heterocycles. The number of hydrogen-bond acceptors (Lipinski definition) is 2. The Bertz CT molecular complexity index is 280. The molecule has 0 bridgehead atoms. The van der Waals surface area contributed by atoms with Gasteiger partial charge < -0.3 is 10.4 Å². The van der Waals surface area contributed by atoms with Gasteiger partial charge in [0.25, 0.3) is 0 Å². The fourth-order valence-electron chi connectivity index (χ4n) is 3.66. The van der Waals surface area contributed by atoms with Gasteiger partial charge in [-0.05, 0) is 37.5 Å². The molecule has 3 aliphatic carbocycles. The lowest BCUT2D eigenvalue weighted by Crippen LogP contribution is -2.53. The SMILES string of the molecule is OC1(CNC2CC3CC=CC32)CCCCC1. The molecule has 3 aliphatic rings. The Hall–Kier alpha value is -0.340. The van der Waals surface area contributed by atoms with E-state index in [1.807, 2.05) is 0 Å². The molecule has 3 atom stereocenters. The van der Waals surface area contributed by atoms with E-state index in [1.54, 1.807) is 0 Å². The molecular weight excluding hydrogens is 198 g/mol. The minimum absolute atomic E-state index is 0.397. The third kappa shape index (κ3) is 1.93. The number of aliphatic hydroxyl groups is 1. The molecule has 0 aromatic rings. The molecule has 90 valence electrons. The minimum atomic E-state index is -0.397. The number of fused-ring (bicyclic) bond motifs is 1. The zero-order valence-corrected chi connectivity index (χ0v) is 9.99. The fraction of sp³-hybridized carbons (Fsp3) is 0.857. The maximum atomic E-state index is 10.4. The van der Waals surface area contributed by atoms with Crippen molar-refractivity contribution in [2.45, 2.75) is 56.6 Å². The van der Waals surface area contributed by atoms with E-state index in [2.05, 4.69) is 17.5 Å². The summed E-state index contributed by atoms with van der Waals surface area (Å²) in [5.74, 6) is 1.69. The monoisotopic (exact) mass is 221 g/mol. The maximum Gasteiger partial charge on any atom is 0.0771 e. The van der Waals surface area contributed by atoms with E-state index in [1.165, 1.54) is 32.1 Å². The van der Waals surface area contributed by atoms with Gasteiger partial charge in [-0.2, -0.15) is 0 Å². The van der Waals surface area contributed by atoms with Crippen LogP contribution in [0.5, 0.6) is 0 Å². The normalized spacial score (nSPS) is 40.4. The van der Waals surface area contributed by atoms with Crippen LogP contribution in [-0.2, 0) is 0 Å². The van der Waals surface area contributed by atoms with Gasteiger partial charge in [0, 0.05) is 12.6 Å². The zero-order valence-electron chi connectivity index (χ0n) is 9.99. The summed E-state index contributed by atoms with van der Waals surface area (Å²) < 4.78 is 0. The second-order valence-electron chi connectivity index (χ2n) is 6.01. The van der Waals surface area contributed by atoms with Gasteiger partial charge in [-0.25, -0.2) is 0 Å². The molecule has 0 aromatic carbocycles. The van der Waals surface area contributed by atoms with Crippen molar-refractivity contribution in [1.29, 1.82) is 0 Å². The first-order valence-electron chi connectivity index (χ1n) is 6.89. The summed E-state index contributed by atoms with van der Waals surface area (Å²) in [6.07, 6.45) is 13.0. The first kappa shape index (κ1) is 10.8. The van der Waals surface area contributed by atoms with E-state index in [0.29, 0.717) is 6.04 Å². The molecule has 3 unspecified atom stereocenters. The molecule has 0 saturated heterocycles. The summed E-state index contributed by atoms with van der Waals surface area (Å²) in [4.78, 5) is 0. The van der Waals surface area contributed by atoms with Crippen LogP contribution in [0.2, 0.25) is 0 Å². The predicted molar refractivity (Wildman–Crippen MR) is 65.2 cm³/mol. The number of rotatable bonds is 3. The molecule has 3 rings (SSSR count). The Labute approximate surface area is 98.1 Å². The van der Waals surface area contributed by atoms with Gasteiger partial charge in [0.1, 0.15) is 0 Å². The highest BCUT2D eigenvalue weighted by Gasteiger charge is 2.41. The van der Waals surface area contributed by atoms with E-state index in [9.17, 15) is 5.11 Å². The second kappa shape index (κ2) is 4.15. The van der Waals surface area contributed by atoms with Crippen molar-refractivity contribution in [3.05, 3.63) is 12.2 Å². The lowest BCUT2D eigenvalue weighted by Gasteiger charge is -2.43. The Balaban J connectivity index is 1.47. The lowest BCUT2D eigenvalue weighted by molar-refractivity contribution is -0.00475. The minimum Gasteiger partial charge on any atom is -0.389 e. The molecule has 2 saturated carbocycles. The molecule has 0 aliphatic heterocycles. The molecule has 2 nitrogen and oxygen atoms in total. The third-order valence-electron chi connectivity index (χ3n) is 4.84. The highest BCUT2D eigenvalue weighted by Crippen LogP contribution is 2.43. The predicted octanol–water partition coefficient (Wildman–Crippen LogP) is 2.24. The highest BCUT2D eigenvalue weighted by molar-refractivity contribution is 5.13. The van der Waals surface area contributed by atoms with Crippen molar-refractivity contribution >= 4 is 0 Å². The van der Waals surface area contributed by atoms with Gasteiger partial charge in [0.2, 0.25) is 0 Å². The maximum absolute atomic E-state index is 10.4. The molecule has 0 spiro atoms. The van der Waals surface area contributed by atoms with Gasteiger partial charge in [-0.15, -0.1) is 0 Å². The van der Waals surface area contributed by atoms with Gasteiger partial charge >= 0.3 is 0 Å². The molecule has 0 amide bonds. The summed E-state index contributed by atoms with van der Waals surface area (Å²) in [5, 5.41) is 14.0. The van der Waals surface area contributed by atoms with Gasteiger partial charge in [-0.1, -0.05) is 31.4 Å². The zero-order chi connectivity index (χ0) is 11.0. The quantitative estimate of drug-likeness (QED) is 0.716. The molecular formula is C14H23NO. The van der Waals surface area contributed by atoms with Crippen LogP contribution < -0.4 is 5.32 Å². The summed E-state index contributed by atoms with van der Waals surface area (Å²) in [7, 11) is 0. The van der Waals surface area contributed by atoms with Crippen LogP contribution in [0.1, 0.15) is 44.9 Å². The Morgan fingerprint density at radius 1 is 1.25 bits per heavy atom. The van der Waals surface area contributed by atoms with Crippen molar-refractivity contribution in [2.24, 2.45) is 11.8 Å². The highest BCUT2D eigenvalue weighted by atomic mass is 16.3. The smallest absolute Gasteiger partial charge is 0.0771 e. The first-order chi connectivity index (χ1) is 7.77. The first-order valence-corrected chi connectivity index (χ1v) is 6.89. The average molecular weight is 221 g/mol. The van der Waals surface area contributed by atoms with Crippen molar-refractivity contribution in [3.63, 3.8) is 0 Å². The van der Waals surface area contributed by atoms with Crippen LogP contribution in [0.3, 0.4) is 0 Å². The van der Waals surface area contributed by atoms with E-state index in [-0.39, 0.29) is 0 Å². The molecule has 2 N–H and O–H groups in total. The summed E-state index contributed by atoms with van der Waals surface area (Å²) in [5.41, 5.74) is -0.397. The van der Waals surface area contributed by atoms with Crippen molar-refractivity contribution in [3.8, 4) is 0 Å². The van der Waals surface area contributed by atoms with Crippen molar-refractivity contribution in [1.82, 2.24) is 5.32 Å². The number of hydrogen-bond donors (Lipinski definition) is 2. The summed E-state index contributed by atoms with van der Waals surface area (Å²) in [6, 6.07) is 0.648. The molecule has 0 aromatic heterocycles. The van der Waals surface area contributed by atoms with Crippen LogP contribution in [0.15, 0.2) is 12.2 Å². The van der Waals surface area contributed by atoms with Crippen molar-refractivity contribution < 1.29 is 5.11 Å². The van der Waals surface area contributed by atoms with Gasteiger partial charge in [-0.3, -0.25) is 0 Å². The Morgan fingerprint density at radius 3 is 2.81 bits per heavy atom. The Morgan fingerprint density at radius 2 is 2.06 bits per heavy atom. The molecule has 16 heavy (non-hydrogen) atoms. The van der Waals surface area contributed by atoms with Crippen LogP contribution in [0.4, 0.5) is 0 Å². The van der Waals surface area contributed by atoms with Gasteiger partial charge in [0.05, 0.1) is 5.60 Å². The number of allylic oxidation sites excluding steroid dienone is 1. The van der Waals surface area contributed by atoms with Crippen LogP contribution in [0, 0.1) is 11.8 Å². The van der Waals surface area contributed by atoms with Crippen LogP contribution in [0.25, 0.3) is 0 Å². The Kier molecular flexibility index (Phi) is 2.80. The topological polar surface area (TPSA) is 32.3 Å². The standard InChI is InChI=1S/C14H23NO/c16-14(7-2-1-3-8-14)10-15-13-9-11-5-4-6-12(11)13/h4,6,11-13,15-16H,1-3,5,7-10H2. The van der Waals surface area contributed by atoms with E-state index in [0.717, 1.165) is 31.2 Å². The average Bonchev–Trinajstić information content (AvgIpc) is 2.61. The molecule has 2 fully saturated rings. The molecule has 0 radical (unpaired) electrons. The largest absolute Gasteiger partial charge is 0.389 e. The van der Waals surface area contributed by atoms with Crippen LogP contribution in [-0.4, -0.2) is 23.3 Å². The lowest BCUT2D eigenvalue weighted by atomic mass is 9.71. The van der Waals surface area contributed by atoms with E-state index >= 15 is 0 Å². The molecule has 2 heteroatoms. The third-order valence-corrected chi connectivity index (χ3v) is 4.84. The van der Waals surface area contributed by atoms with Crippen molar-refractivity contribution in [2.75, 3.05) is 6.54 Å². The van der Waals surface area contributed by atoms with Crippen LogP contribution >= 0.6 is 0 Å². The summed E-state index contributed by atoms with van der Waals surface area (Å²) in [6.45, 7) is 0.814.